The Hall–Kier alpha value is 0.526. The molecule has 0 aliphatic carbocycles. The van der Waals surface area contributed by atoms with E-state index in [0.717, 1.165) is 0 Å². The van der Waals surface area contributed by atoms with Crippen molar-refractivity contribution in [3.05, 3.63) is 0 Å². The molecule has 0 spiro atoms. The predicted molar refractivity (Wildman–Crippen MR) is 31.5 cm³/mol. The third kappa shape index (κ3) is 14.5. The molecular weight excluding hydrogens is 277 g/mol. The van der Waals surface area contributed by atoms with Gasteiger partial charge in [-0.15, -0.1) is 0 Å². The Morgan fingerprint density at radius 1 is 0.800 bits per heavy atom. The van der Waals surface area contributed by atoms with Gasteiger partial charge in [0.1, 0.15) is 0 Å². The summed E-state index contributed by atoms with van der Waals surface area (Å²) in [6.45, 7) is -2.37. The number of hydrogen-bond acceptors (Lipinski definition) is 7. The minimum atomic E-state index is -1.57. The zero-order chi connectivity index (χ0) is 10.4. The number of aliphatic carboxylic acids is 3. The zero-order valence-corrected chi connectivity index (χ0v) is 12.1. The van der Waals surface area contributed by atoms with Gasteiger partial charge >= 0.3 is 68.5 Å². The largest absolute Gasteiger partial charge is 2.00 e. The first-order chi connectivity index (χ1) is 5.91. The van der Waals surface area contributed by atoms with Crippen molar-refractivity contribution in [2.45, 2.75) is 0 Å². The molecule has 0 amide bonds. The van der Waals surface area contributed by atoms with E-state index in [1.54, 1.807) is 0 Å². The average molecular weight is 283 g/mol. The van der Waals surface area contributed by atoms with Crippen LogP contribution in [-0.4, -0.2) is 42.4 Å². The van der Waals surface area contributed by atoms with Gasteiger partial charge in [0.15, 0.2) is 0 Å². The molecule has 0 heterocycles. The zero-order valence-electron chi connectivity index (χ0n) is 7.87. The summed E-state index contributed by atoms with van der Waals surface area (Å²) in [5.41, 5.74) is 0. The summed E-state index contributed by atoms with van der Waals surface area (Å²) in [7, 11) is 0. The third-order valence-corrected chi connectivity index (χ3v) is 1.06. The fourth-order valence-corrected chi connectivity index (χ4v) is 0.715. The second-order valence-electron chi connectivity index (χ2n) is 2.26. The molecule has 7 nitrogen and oxygen atoms in total. The molecular formula is C6H6FeKNO6. The van der Waals surface area contributed by atoms with Crippen LogP contribution in [0.15, 0.2) is 0 Å². The molecule has 0 unspecified atom stereocenters. The van der Waals surface area contributed by atoms with E-state index in [9.17, 15) is 29.7 Å². The van der Waals surface area contributed by atoms with E-state index in [1.807, 2.05) is 0 Å². The molecule has 0 saturated carbocycles. The summed E-state index contributed by atoms with van der Waals surface area (Å²) in [4.78, 5) is 30.6. The van der Waals surface area contributed by atoms with Crippen molar-refractivity contribution < 1.29 is 98.2 Å². The van der Waals surface area contributed by atoms with E-state index in [0.29, 0.717) is 4.90 Å². The maximum Gasteiger partial charge on any atom is 2.00 e. The number of nitrogens with zero attached hydrogens (tertiary/aromatic N) is 1. The number of rotatable bonds is 6. The molecule has 0 fully saturated rings. The summed E-state index contributed by atoms with van der Waals surface area (Å²) >= 11 is 0. The van der Waals surface area contributed by atoms with Crippen LogP contribution in [-0.2, 0) is 31.5 Å². The van der Waals surface area contributed by atoms with Crippen molar-refractivity contribution in [3.8, 4) is 0 Å². The van der Waals surface area contributed by atoms with Crippen molar-refractivity contribution in [3.63, 3.8) is 0 Å². The molecule has 0 aliphatic rings. The molecule has 0 N–H and O–H groups in total. The fraction of sp³-hybridized carbons (Fsp3) is 0.500. The Morgan fingerprint density at radius 2 is 1.00 bits per heavy atom. The SMILES string of the molecule is O=C([O-])CN(CC(=O)[O-])CC(=O)[O-].[Fe+2].[K+]. The Kier molecular flexibility index (Phi) is 15.3. The molecule has 0 atom stereocenters. The maximum atomic E-state index is 9.99. The molecule has 0 bridgehead atoms. The van der Waals surface area contributed by atoms with Gasteiger partial charge in [-0.3, -0.25) is 4.90 Å². The van der Waals surface area contributed by atoms with Gasteiger partial charge in [0.25, 0.3) is 0 Å². The Balaban J connectivity index is -0.000000720. The molecule has 0 aromatic rings. The van der Waals surface area contributed by atoms with Crippen LogP contribution < -0.4 is 66.7 Å². The van der Waals surface area contributed by atoms with Crippen LogP contribution >= 0.6 is 0 Å². The second-order valence-corrected chi connectivity index (χ2v) is 2.26. The van der Waals surface area contributed by atoms with Crippen LogP contribution in [0.3, 0.4) is 0 Å². The Labute approximate surface area is 139 Å². The van der Waals surface area contributed by atoms with Crippen LogP contribution in [0.4, 0.5) is 0 Å². The van der Waals surface area contributed by atoms with Crippen molar-refractivity contribution >= 4 is 17.9 Å². The quantitative estimate of drug-likeness (QED) is 0.443. The monoisotopic (exact) mass is 283 g/mol. The van der Waals surface area contributed by atoms with Gasteiger partial charge in [-0.1, -0.05) is 0 Å². The maximum absolute atomic E-state index is 9.99. The Bertz CT molecular complexity index is 198. The second kappa shape index (κ2) is 11.0. The fourth-order valence-electron chi connectivity index (χ4n) is 0.715. The molecule has 15 heavy (non-hydrogen) atoms. The van der Waals surface area contributed by atoms with Gasteiger partial charge in [0.05, 0.1) is 17.9 Å². The number of carboxylic acids is 3. The van der Waals surface area contributed by atoms with E-state index in [2.05, 4.69) is 0 Å². The summed E-state index contributed by atoms with van der Waals surface area (Å²) in [5, 5.41) is 30.0. The van der Waals surface area contributed by atoms with Crippen molar-refractivity contribution in [2.24, 2.45) is 0 Å². The van der Waals surface area contributed by atoms with E-state index < -0.39 is 37.5 Å². The summed E-state index contributed by atoms with van der Waals surface area (Å²) < 4.78 is 0. The molecule has 80 valence electrons. The average Bonchev–Trinajstić information content (AvgIpc) is 1.80. The predicted octanol–water partition coefficient (Wildman–Crippen LogP) is -8.46. The molecule has 9 heteroatoms. The van der Waals surface area contributed by atoms with E-state index in [1.165, 1.54) is 0 Å². The number of hydrogen-bond donors (Lipinski definition) is 0. The minimum Gasteiger partial charge on any atom is -0.549 e. The number of carbonyl (C=O) groups excluding carboxylic acids is 3. The van der Waals surface area contributed by atoms with E-state index in [4.69, 9.17) is 0 Å². The molecule has 0 rings (SSSR count). The number of carboxylic acid groups (broad SMARTS) is 3. The standard InChI is InChI=1S/C6H9NO6.Fe.K/c8-4(9)1-7(2-5(10)11)3-6(12)13;;/h1-3H2,(H,8,9)(H,10,11)(H,12,13);;/q;+2;+1/p-3. The van der Waals surface area contributed by atoms with Crippen molar-refractivity contribution in [2.75, 3.05) is 19.6 Å². The third-order valence-electron chi connectivity index (χ3n) is 1.06. The Morgan fingerprint density at radius 3 is 1.13 bits per heavy atom. The van der Waals surface area contributed by atoms with Gasteiger partial charge in [-0.2, -0.15) is 0 Å². The van der Waals surface area contributed by atoms with Crippen LogP contribution in [0.2, 0.25) is 0 Å². The van der Waals surface area contributed by atoms with E-state index >= 15 is 0 Å². The molecule has 0 saturated heterocycles. The minimum absolute atomic E-state index is 0. The first kappa shape index (κ1) is 20.9. The van der Waals surface area contributed by atoms with Crippen molar-refractivity contribution in [1.29, 1.82) is 0 Å². The van der Waals surface area contributed by atoms with Gasteiger partial charge in [0, 0.05) is 19.6 Å². The topological polar surface area (TPSA) is 124 Å². The summed E-state index contributed by atoms with van der Waals surface area (Å²) in [6, 6.07) is 0. The van der Waals surface area contributed by atoms with Gasteiger partial charge in [0.2, 0.25) is 0 Å². The van der Waals surface area contributed by atoms with Crippen LogP contribution in [0.5, 0.6) is 0 Å². The molecule has 0 aromatic carbocycles. The molecule has 0 aromatic heterocycles. The van der Waals surface area contributed by atoms with E-state index in [-0.39, 0.29) is 68.5 Å². The molecule has 0 radical (unpaired) electrons. The van der Waals surface area contributed by atoms with Crippen LogP contribution in [0, 0.1) is 0 Å². The van der Waals surface area contributed by atoms with Gasteiger partial charge in [-0.05, 0) is 0 Å². The summed E-state index contributed by atoms with van der Waals surface area (Å²) in [5.74, 6) is -4.70. The normalized spacial score (nSPS) is 8.60. The van der Waals surface area contributed by atoms with Gasteiger partial charge < -0.3 is 29.7 Å². The first-order valence-electron chi connectivity index (χ1n) is 3.23. The van der Waals surface area contributed by atoms with Crippen molar-refractivity contribution in [1.82, 2.24) is 4.90 Å². The van der Waals surface area contributed by atoms with Gasteiger partial charge in [-0.25, -0.2) is 0 Å². The first-order valence-corrected chi connectivity index (χ1v) is 3.23. The smallest absolute Gasteiger partial charge is 0.549 e. The van der Waals surface area contributed by atoms with Crippen LogP contribution in [0.1, 0.15) is 0 Å². The van der Waals surface area contributed by atoms with Crippen LogP contribution in [0.25, 0.3) is 0 Å². The summed E-state index contributed by atoms with van der Waals surface area (Å²) in [6.07, 6.45) is 0. The number of carbonyl (C=O) groups is 3. The molecule has 0 aliphatic heterocycles.